The van der Waals surface area contributed by atoms with Crippen LogP contribution in [0.4, 0.5) is 23.7 Å². The number of hydrogen-bond donors (Lipinski definition) is 3. The Hall–Kier alpha value is -6.01. The molecule has 5 aromatic rings. The number of hydrogen-bond acceptors (Lipinski definition) is 9. The summed E-state index contributed by atoms with van der Waals surface area (Å²) in [4.78, 5) is 68.4. The van der Waals surface area contributed by atoms with Crippen molar-refractivity contribution in [3.05, 3.63) is 104 Å². The average molecular weight is 833 g/mol. The Morgan fingerprint density at radius 3 is 2.47 bits per heavy atom. The number of anilines is 1. The highest BCUT2D eigenvalue weighted by molar-refractivity contribution is 6.33. The number of urea groups is 1. The first kappa shape index (κ1) is 39.8. The summed E-state index contributed by atoms with van der Waals surface area (Å²) >= 11 is 6.18. The molecule has 1 atom stereocenters. The number of aromatic nitrogens is 5. The summed E-state index contributed by atoms with van der Waals surface area (Å²) < 4.78 is 42.8. The van der Waals surface area contributed by atoms with Crippen LogP contribution in [0.3, 0.4) is 0 Å². The molecule has 8 rings (SSSR count). The van der Waals surface area contributed by atoms with Crippen molar-refractivity contribution < 1.29 is 32.7 Å². The Kier molecular flexibility index (Phi) is 10.3. The number of carbonyl (C=O) groups excluding carboxylic acids is 3. The molecule has 2 saturated heterocycles. The number of fused-ring (bicyclic) bond motifs is 3. The molecule has 1 unspecified atom stereocenters. The summed E-state index contributed by atoms with van der Waals surface area (Å²) in [6.45, 7) is 1.96. The molecule has 3 aliphatic rings. The van der Waals surface area contributed by atoms with Crippen LogP contribution >= 0.6 is 11.6 Å². The molecule has 5 heterocycles. The Balaban J connectivity index is 1.14. The molecule has 19 heteroatoms. The minimum absolute atomic E-state index is 0.0212. The van der Waals surface area contributed by atoms with E-state index >= 15 is 0 Å². The quantitative estimate of drug-likeness (QED) is 0.219. The van der Waals surface area contributed by atoms with Gasteiger partial charge in [0.25, 0.3) is 11.5 Å². The van der Waals surface area contributed by atoms with Crippen LogP contribution in [-0.2, 0) is 29.4 Å². The molecular weight excluding hydrogens is 793 g/mol. The van der Waals surface area contributed by atoms with Crippen LogP contribution < -0.4 is 16.2 Å². The normalized spacial score (nSPS) is 17.6. The van der Waals surface area contributed by atoms with Crippen molar-refractivity contribution in [2.45, 2.75) is 49.9 Å². The maximum absolute atomic E-state index is 14.6. The van der Waals surface area contributed by atoms with Crippen molar-refractivity contribution in [2.75, 3.05) is 52.1 Å². The van der Waals surface area contributed by atoms with Gasteiger partial charge in [-0.05, 0) is 61.6 Å². The highest BCUT2D eigenvalue weighted by atomic mass is 35.5. The molecule has 3 N–H and O–H groups in total. The molecule has 2 fully saturated rings. The van der Waals surface area contributed by atoms with Crippen molar-refractivity contribution >= 4 is 40.9 Å². The summed E-state index contributed by atoms with van der Waals surface area (Å²) in [5.74, 6) is -0.968. The summed E-state index contributed by atoms with van der Waals surface area (Å²) in [6, 6.07) is 12.6. The van der Waals surface area contributed by atoms with Crippen LogP contribution in [0.2, 0.25) is 5.02 Å². The van der Waals surface area contributed by atoms with E-state index in [1.54, 1.807) is 28.5 Å². The van der Waals surface area contributed by atoms with Crippen LogP contribution in [0.25, 0.3) is 17.2 Å². The number of likely N-dealkylation sites (tertiary alicyclic amines) is 1. The maximum atomic E-state index is 14.6. The van der Waals surface area contributed by atoms with E-state index in [1.165, 1.54) is 22.8 Å². The first-order valence-electron chi connectivity index (χ1n) is 19.1. The molecule has 0 bridgehead atoms. The topological polar surface area (TPSA) is 170 Å². The monoisotopic (exact) mass is 832 g/mol. The summed E-state index contributed by atoms with van der Waals surface area (Å²) in [5, 5.41) is 20.6. The minimum Gasteiger partial charge on any atom is -0.505 e. The van der Waals surface area contributed by atoms with Gasteiger partial charge in [0.15, 0.2) is 11.5 Å². The molecule has 1 spiro atoms. The number of nitrogens with zero attached hydrogens (tertiary/aromatic N) is 8. The van der Waals surface area contributed by atoms with E-state index in [0.29, 0.717) is 62.1 Å². The number of piperidine rings is 1. The first-order chi connectivity index (χ1) is 28.1. The Labute approximate surface area is 340 Å². The number of aromatic hydroxyl groups is 1. The van der Waals surface area contributed by atoms with Crippen molar-refractivity contribution in [3.8, 4) is 17.1 Å². The van der Waals surface area contributed by atoms with Gasteiger partial charge in [-0.15, -0.1) is 5.10 Å². The molecule has 2 aliphatic heterocycles. The van der Waals surface area contributed by atoms with Crippen molar-refractivity contribution in [1.29, 1.82) is 0 Å². The van der Waals surface area contributed by atoms with Gasteiger partial charge in [0, 0.05) is 75.3 Å². The number of amides is 4. The molecule has 4 amide bonds. The van der Waals surface area contributed by atoms with E-state index in [4.69, 9.17) is 16.6 Å². The lowest BCUT2D eigenvalue weighted by molar-refractivity contribution is -0.137. The molecule has 2 aromatic carbocycles. The Morgan fingerprint density at radius 1 is 1.05 bits per heavy atom. The summed E-state index contributed by atoms with van der Waals surface area (Å²) in [7, 11) is 3.42. The Morgan fingerprint density at radius 2 is 1.80 bits per heavy atom. The number of pyridine rings is 1. The van der Waals surface area contributed by atoms with E-state index in [2.05, 4.69) is 20.7 Å². The van der Waals surface area contributed by atoms with Crippen molar-refractivity contribution in [2.24, 2.45) is 0 Å². The first-order valence-corrected chi connectivity index (χ1v) is 19.4. The molecule has 59 heavy (non-hydrogen) atoms. The van der Waals surface area contributed by atoms with Gasteiger partial charge < -0.3 is 35.0 Å². The van der Waals surface area contributed by atoms with Crippen molar-refractivity contribution in [1.82, 2.24) is 44.2 Å². The highest BCUT2D eigenvalue weighted by Crippen LogP contribution is 2.45. The molecule has 1 aliphatic carbocycles. The molecular formula is C40H40ClF3N10O5. The highest BCUT2D eigenvalue weighted by Gasteiger charge is 2.46. The predicted octanol–water partition coefficient (Wildman–Crippen LogP) is 4.72. The second kappa shape index (κ2) is 15.3. The van der Waals surface area contributed by atoms with Gasteiger partial charge in [-0.2, -0.15) is 22.7 Å². The van der Waals surface area contributed by atoms with E-state index in [1.807, 2.05) is 29.2 Å². The van der Waals surface area contributed by atoms with Crippen LogP contribution in [-0.4, -0.2) is 109 Å². The Bertz CT molecular complexity index is 2530. The van der Waals surface area contributed by atoms with E-state index in [-0.39, 0.29) is 65.5 Å². The van der Waals surface area contributed by atoms with Gasteiger partial charge in [-0.1, -0.05) is 35.9 Å². The van der Waals surface area contributed by atoms with Gasteiger partial charge in [-0.3, -0.25) is 14.4 Å². The number of rotatable bonds is 6. The lowest BCUT2D eigenvalue weighted by Crippen LogP contribution is -2.51. The third-order valence-corrected chi connectivity index (χ3v) is 11.8. The third-order valence-electron chi connectivity index (χ3n) is 11.5. The fourth-order valence-electron chi connectivity index (χ4n) is 8.48. The zero-order chi connectivity index (χ0) is 41.8. The second-order valence-electron chi connectivity index (χ2n) is 15.3. The van der Waals surface area contributed by atoms with E-state index in [9.17, 15) is 37.5 Å². The van der Waals surface area contributed by atoms with Crippen LogP contribution in [0, 0.1) is 0 Å². The molecule has 308 valence electrons. The van der Waals surface area contributed by atoms with Gasteiger partial charge in [0.1, 0.15) is 12.3 Å². The lowest BCUT2D eigenvalue weighted by atomic mass is 9.74. The number of alkyl halides is 3. The van der Waals surface area contributed by atoms with Gasteiger partial charge in [-0.25, -0.2) is 9.78 Å². The fraction of sp³-hybridized carbons (Fsp3) is 0.375. The number of benzene rings is 2. The average Bonchev–Trinajstić information content (AvgIpc) is 3.83. The predicted molar refractivity (Wildman–Crippen MR) is 210 cm³/mol. The second-order valence-corrected chi connectivity index (χ2v) is 15.7. The molecule has 0 saturated carbocycles. The van der Waals surface area contributed by atoms with E-state index in [0.717, 1.165) is 23.8 Å². The fourth-order valence-corrected chi connectivity index (χ4v) is 8.71. The van der Waals surface area contributed by atoms with Crippen LogP contribution in [0.15, 0.2) is 65.6 Å². The van der Waals surface area contributed by atoms with Gasteiger partial charge >= 0.3 is 12.2 Å². The SMILES string of the molecule is CN(C)C(=O)N1CCNCC1c1ccc(-c2nc3n(CC(=O)Nc4ccc(C(F)(F)F)cc4Cl)c4c(c(=O)n3n2)C2(CC4)CCN(C(=O)c3ncccc3O)CC2)cc1. The number of nitrogens with one attached hydrogen (secondary N) is 2. The zero-order valence-corrected chi connectivity index (χ0v) is 32.8. The molecule has 0 radical (unpaired) electrons. The van der Waals surface area contributed by atoms with Gasteiger partial charge in [0.05, 0.1) is 22.3 Å². The molecule has 15 nitrogen and oxygen atoms in total. The largest absolute Gasteiger partial charge is 0.505 e. The number of carbonyl (C=O) groups is 3. The van der Waals surface area contributed by atoms with Crippen LogP contribution in [0.1, 0.15) is 58.2 Å². The van der Waals surface area contributed by atoms with Crippen LogP contribution in [0.5, 0.6) is 5.75 Å². The minimum atomic E-state index is -4.63. The summed E-state index contributed by atoms with van der Waals surface area (Å²) in [6.07, 6.45) is -1.42. The van der Waals surface area contributed by atoms with E-state index < -0.39 is 34.5 Å². The molecule has 3 aromatic heterocycles. The zero-order valence-electron chi connectivity index (χ0n) is 32.1. The number of halogens is 4. The van der Waals surface area contributed by atoms with Gasteiger partial charge in [0.2, 0.25) is 11.7 Å². The maximum Gasteiger partial charge on any atom is 0.416 e. The van der Waals surface area contributed by atoms with Crippen molar-refractivity contribution in [3.63, 3.8) is 0 Å². The number of piperazine rings is 1. The third kappa shape index (κ3) is 7.35. The lowest BCUT2D eigenvalue weighted by Gasteiger charge is -2.39. The smallest absolute Gasteiger partial charge is 0.416 e. The summed E-state index contributed by atoms with van der Waals surface area (Å²) in [5.41, 5.74) is 0.385. The standard InChI is InChI=1S/C40H40ClF3N10O5/c1-50(2)38(59)52-19-16-45-21-29(52)23-5-7-24(8-6-23)34-48-37-53(22-31(56)47-27-10-9-25(20-26(27)41)40(42,43)44)28-11-12-39(32(28)35(57)54(37)49-34)13-17-51(18-14-39)36(58)33-30(55)4-3-15-46-33/h3-10,15,20,29,45,55H,11-14,16-19,21-22H2,1-2H3,(H,47,56).